The minimum absolute atomic E-state index is 0.0319. The molecule has 0 fully saturated rings. The van der Waals surface area contributed by atoms with Crippen molar-refractivity contribution in [2.75, 3.05) is 5.43 Å². The first kappa shape index (κ1) is 14.7. The van der Waals surface area contributed by atoms with E-state index >= 15 is 0 Å². The van der Waals surface area contributed by atoms with Crippen LogP contribution in [-0.2, 0) is 16.6 Å². The summed E-state index contributed by atoms with van der Waals surface area (Å²) in [6.45, 7) is 0.152. The number of nitrogens with one attached hydrogen (secondary N) is 2. The van der Waals surface area contributed by atoms with Gasteiger partial charge in [-0.15, -0.1) is 0 Å². The molecule has 2 aromatic rings. The summed E-state index contributed by atoms with van der Waals surface area (Å²) in [6, 6.07) is 4.71. The molecule has 0 spiro atoms. The highest BCUT2D eigenvalue weighted by molar-refractivity contribution is 7.89. The van der Waals surface area contributed by atoms with Crippen LogP contribution < -0.4 is 16.0 Å². The lowest BCUT2D eigenvalue weighted by Gasteiger charge is -2.08. The number of halogens is 1. The average molecular weight is 314 g/mol. The fourth-order valence-electron chi connectivity index (χ4n) is 1.44. The topological polar surface area (TPSA) is 110 Å². The monoisotopic (exact) mass is 313 g/mol. The molecule has 0 aromatic carbocycles. The molecule has 2 heterocycles. The first-order chi connectivity index (χ1) is 9.53. The third-order valence-corrected chi connectivity index (χ3v) is 4.14. The van der Waals surface area contributed by atoms with Crippen LogP contribution in [0.4, 0.5) is 5.82 Å². The van der Waals surface area contributed by atoms with E-state index in [1.54, 1.807) is 24.5 Å². The number of hydrogen-bond donors (Lipinski definition) is 3. The molecule has 0 radical (unpaired) electrons. The summed E-state index contributed by atoms with van der Waals surface area (Å²) in [6.07, 6.45) is 4.35. The van der Waals surface area contributed by atoms with Gasteiger partial charge in [0.1, 0.15) is 4.90 Å². The highest BCUT2D eigenvalue weighted by Crippen LogP contribution is 2.21. The molecular weight excluding hydrogens is 302 g/mol. The molecule has 0 saturated carbocycles. The molecule has 0 amide bonds. The second-order valence-electron chi connectivity index (χ2n) is 3.83. The number of hydrogen-bond acceptors (Lipinski definition) is 6. The Balaban J connectivity index is 2.16. The number of pyridine rings is 2. The molecule has 2 rings (SSSR count). The van der Waals surface area contributed by atoms with Gasteiger partial charge in [0.05, 0.1) is 5.02 Å². The Bertz CT molecular complexity index is 693. The normalized spacial score (nSPS) is 11.3. The van der Waals surface area contributed by atoms with E-state index in [4.69, 9.17) is 17.4 Å². The van der Waals surface area contributed by atoms with Gasteiger partial charge in [-0.3, -0.25) is 4.98 Å². The second kappa shape index (κ2) is 6.14. The van der Waals surface area contributed by atoms with E-state index in [0.717, 1.165) is 5.56 Å². The van der Waals surface area contributed by atoms with Gasteiger partial charge < -0.3 is 5.43 Å². The number of nitrogens with two attached hydrogens (primary N) is 1. The molecule has 0 unspecified atom stereocenters. The van der Waals surface area contributed by atoms with E-state index in [-0.39, 0.29) is 22.3 Å². The van der Waals surface area contributed by atoms with Gasteiger partial charge >= 0.3 is 0 Å². The molecule has 20 heavy (non-hydrogen) atoms. The summed E-state index contributed by atoms with van der Waals surface area (Å²) >= 11 is 5.85. The number of rotatable bonds is 5. The zero-order valence-electron chi connectivity index (χ0n) is 10.2. The molecule has 0 aliphatic carbocycles. The first-order valence-electron chi connectivity index (χ1n) is 5.53. The number of aromatic nitrogens is 2. The Morgan fingerprint density at radius 3 is 2.60 bits per heavy atom. The molecule has 106 valence electrons. The molecule has 0 saturated heterocycles. The lowest BCUT2D eigenvalue weighted by Crippen LogP contribution is -2.23. The largest absolute Gasteiger partial charge is 0.307 e. The van der Waals surface area contributed by atoms with Gasteiger partial charge in [-0.1, -0.05) is 11.6 Å². The van der Waals surface area contributed by atoms with Crippen LogP contribution in [0.2, 0.25) is 5.02 Å². The zero-order chi connectivity index (χ0) is 14.6. The lowest BCUT2D eigenvalue weighted by molar-refractivity contribution is 0.581. The summed E-state index contributed by atoms with van der Waals surface area (Å²) in [5, 5.41) is 0.124. The number of hydrazine groups is 1. The van der Waals surface area contributed by atoms with Crippen LogP contribution in [0, 0.1) is 0 Å². The van der Waals surface area contributed by atoms with Gasteiger partial charge in [-0.2, -0.15) is 0 Å². The van der Waals surface area contributed by atoms with Crippen molar-refractivity contribution in [2.24, 2.45) is 5.84 Å². The predicted molar refractivity (Wildman–Crippen MR) is 75.3 cm³/mol. The van der Waals surface area contributed by atoms with Gasteiger partial charge in [0.15, 0.2) is 5.82 Å². The summed E-state index contributed by atoms with van der Waals surface area (Å²) in [4.78, 5) is 7.64. The van der Waals surface area contributed by atoms with Crippen molar-refractivity contribution in [3.05, 3.63) is 47.4 Å². The summed E-state index contributed by atoms with van der Waals surface area (Å²) in [5.41, 5.74) is 3.06. The lowest BCUT2D eigenvalue weighted by atomic mass is 10.3. The average Bonchev–Trinajstić information content (AvgIpc) is 2.46. The fourth-order valence-corrected chi connectivity index (χ4v) is 2.71. The van der Waals surface area contributed by atoms with Crippen LogP contribution in [-0.4, -0.2) is 18.4 Å². The molecule has 0 bridgehead atoms. The van der Waals surface area contributed by atoms with E-state index in [2.05, 4.69) is 20.1 Å². The van der Waals surface area contributed by atoms with Crippen molar-refractivity contribution in [1.82, 2.24) is 14.7 Å². The maximum atomic E-state index is 12.1. The van der Waals surface area contributed by atoms with Crippen LogP contribution in [0.15, 0.2) is 41.7 Å². The van der Waals surface area contributed by atoms with E-state index in [0.29, 0.717) is 0 Å². The Labute approximate surface area is 121 Å². The SMILES string of the molecule is NNc1ncc(S(=O)(=O)NCc2ccncc2)cc1Cl. The molecule has 7 nitrogen and oxygen atoms in total. The maximum absolute atomic E-state index is 12.1. The second-order valence-corrected chi connectivity index (χ2v) is 6.00. The molecule has 2 aromatic heterocycles. The van der Waals surface area contributed by atoms with E-state index in [1.165, 1.54) is 12.3 Å². The maximum Gasteiger partial charge on any atom is 0.242 e. The number of sulfonamides is 1. The van der Waals surface area contributed by atoms with Crippen LogP contribution in [0.5, 0.6) is 0 Å². The predicted octanol–water partition coefficient (Wildman–Crippen LogP) is 0.894. The number of nitrogens with zero attached hydrogens (tertiary/aromatic N) is 2. The van der Waals surface area contributed by atoms with Gasteiger partial charge in [-0.25, -0.2) is 24.0 Å². The van der Waals surface area contributed by atoms with Gasteiger partial charge in [0, 0.05) is 25.1 Å². The third-order valence-electron chi connectivity index (χ3n) is 2.48. The van der Waals surface area contributed by atoms with Crippen LogP contribution in [0.1, 0.15) is 5.56 Å². The third kappa shape index (κ3) is 3.42. The Morgan fingerprint density at radius 2 is 2.00 bits per heavy atom. The van der Waals surface area contributed by atoms with Gasteiger partial charge in [0.25, 0.3) is 0 Å². The van der Waals surface area contributed by atoms with Crippen molar-refractivity contribution in [2.45, 2.75) is 11.4 Å². The number of anilines is 1. The van der Waals surface area contributed by atoms with Crippen molar-refractivity contribution < 1.29 is 8.42 Å². The fraction of sp³-hybridized carbons (Fsp3) is 0.0909. The Kier molecular flexibility index (Phi) is 4.50. The molecule has 9 heteroatoms. The molecule has 0 atom stereocenters. The van der Waals surface area contributed by atoms with E-state index in [1.807, 2.05) is 0 Å². The van der Waals surface area contributed by atoms with Gasteiger partial charge in [-0.05, 0) is 23.8 Å². The van der Waals surface area contributed by atoms with Crippen molar-refractivity contribution >= 4 is 27.4 Å². The molecular formula is C11H12ClN5O2S. The molecule has 0 aliphatic heterocycles. The Hall–Kier alpha value is -1.74. The highest BCUT2D eigenvalue weighted by Gasteiger charge is 2.16. The van der Waals surface area contributed by atoms with Crippen LogP contribution in [0.3, 0.4) is 0 Å². The quantitative estimate of drug-likeness (QED) is 0.558. The minimum Gasteiger partial charge on any atom is -0.307 e. The first-order valence-corrected chi connectivity index (χ1v) is 7.40. The van der Waals surface area contributed by atoms with Gasteiger partial charge in [0.2, 0.25) is 10.0 Å². The summed E-state index contributed by atoms with van der Waals surface area (Å²) in [5.74, 6) is 5.38. The summed E-state index contributed by atoms with van der Waals surface area (Å²) in [7, 11) is -3.69. The highest BCUT2D eigenvalue weighted by atomic mass is 35.5. The Morgan fingerprint density at radius 1 is 1.30 bits per heavy atom. The zero-order valence-corrected chi connectivity index (χ0v) is 11.8. The standard InChI is InChI=1S/C11H12ClN5O2S/c12-10-5-9(7-15-11(10)17-13)20(18,19)16-6-8-1-3-14-4-2-8/h1-5,7,16H,6,13H2,(H,15,17). The minimum atomic E-state index is -3.69. The smallest absolute Gasteiger partial charge is 0.242 e. The summed E-state index contributed by atoms with van der Waals surface area (Å²) < 4.78 is 26.6. The van der Waals surface area contributed by atoms with E-state index in [9.17, 15) is 8.42 Å². The van der Waals surface area contributed by atoms with Crippen LogP contribution in [0.25, 0.3) is 0 Å². The van der Waals surface area contributed by atoms with Crippen LogP contribution >= 0.6 is 11.6 Å². The number of nitrogen functional groups attached to an aromatic ring is 1. The van der Waals surface area contributed by atoms with Crippen molar-refractivity contribution in [3.8, 4) is 0 Å². The van der Waals surface area contributed by atoms with E-state index < -0.39 is 10.0 Å². The molecule has 0 aliphatic rings. The van der Waals surface area contributed by atoms with Crippen molar-refractivity contribution in [1.29, 1.82) is 0 Å². The molecule has 4 N–H and O–H groups in total. The van der Waals surface area contributed by atoms with Crippen molar-refractivity contribution in [3.63, 3.8) is 0 Å².